The van der Waals surface area contributed by atoms with Crippen molar-refractivity contribution < 1.29 is 4.79 Å². The molecular formula is C13H15N3O2. The number of benzene rings is 1. The summed E-state index contributed by atoms with van der Waals surface area (Å²) in [5, 5.41) is 2.47. The van der Waals surface area contributed by atoms with Crippen LogP contribution in [0.1, 0.15) is 27.2 Å². The van der Waals surface area contributed by atoms with E-state index >= 15 is 0 Å². The molecule has 0 fully saturated rings. The maximum atomic E-state index is 12.3. The molecule has 0 aliphatic rings. The number of aromatic amines is 1. The molecule has 1 heterocycles. The number of hydrogen-bond donors (Lipinski definition) is 2. The highest BCUT2D eigenvalue weighted by atomic mass is 16.2. The van der Waals surface area contributed by atoms with Crippen LogP contribution in [0.5, 0.6) is 0 Å². The Labute approximate surface area is 104 Å². The lowest BCUT2D eigenvalue weighted by Crippen LogP contribution is -2.20. The van der Waals surface area contributed by atoms with Gasteiger partial charge in [0, 0.05) is 18.2 Å². The third-order valence-corrected chi connectivity index (χ3v) is 2.84. The van der Waals surface area contributed by atoms with E-state index in [1.807, 2.05) is 26.0 Å². The molecule has 0 aliphatic heterocycles. The van der Waals surface area contributed by atoms with Gasteiger partial charge in [-0.3, -0.25) is 14.7 Å². The van der Waals surface area contributed by atoms with Gasteiger partial charge in [-0.1, -0.05) is 17.7 Å². The molecule has 3 N–H and O–H groups in total. The minimum absolute atomic E-state index is 0.134. The highest BCUT2D eigenvalue weighted by molar-refractivity contribution is 5.97. The lowest BCUT2D eigenvalue weighted by atomic mass is 10.1. The summed E-state index contributed by atoms with van der Waals surface area (Å²) >= 11 is 0. The normalized spacial score (nSPS) is 10.6. The predicted octanol–water partition coefficient (Wildman–Crippen LogP) is 0.940. The van der Waals surface area contributed by atoms with Gasteiger partial charge in [0.25, 0.3) is 11.5 Å². The first-order chi connectivity index (χ1) is 8.52. The zero-order chi connectivity index (χ0) is 13.3. The van der Waals surface area contributed by atoms with Crippen LogP contribution in [-0.2, 0) is 6.54 Å². The molecule has 5 heteroatoms. The standard InChI is InChI=1S/C13H15N3O2/c1-8-3-4-9(2)11(5-8)13(18)16-10(7-14)6-12(17)15-16/h3-6H,7,14H2,1-2H3,(H,15,17). The number of nitrogens with zero attached hydrogens (tertiary/aromatic N) is 1. The number of rotatable bonds is 2. The Balaban J connectivity index is 2.54. The molecule has 0 radical (unpaired) electrons. The average molecular weight is 245 g/mol. The van der Waals surface area contributed by atoms with Gasteiger partial charge < -0.3 is 5.73 Å². The molecular weight excluding hydrogens is 230 g/mol. The van der Waals surface area contributed by atoms with E-state index in [1.165, 1.54) is 10.7 Å². The quantitative estimate of drug-likeness (QED) is 0.826. The van der Waals surface area contributed by atoms with Crippen LogP contribution >= 0.6 is 0 Å². The highest BCUT2D eigenvalue weighted by Crippen LogP contribution is 2.12. The zero-order valence-electron chi connectivity index (χ0n) is 10.4. The van der Waals surface area contributed by atoms with Crippen LogP contribution in [0.3, 0.4) is 0 Å². The van der Waals surface area contributed by atoms with Gasteiger partial charge in [0.2, 0.25) is 0 Å². The summed E-state index contributed by atoms with van der Waals surface area (Å²) in [6.07, 6.45) is 0. The third-order valence-electron chi connectivity index (χ3n) is 2.84. The molecule has 0 saturated carbocycles. The van der Waals surface area contributed by atoms with Gasteiger partial charge in [-0.25, -0.2) is 4.68 Å². The fraction of sp³-hybridized carbons (Fsp3) is 0.231. The van der Waals surface area contributed by atoms with E-state index in [4.69, 9.17) is 5.73 Å². The average Bonchev–Trinajstić information content (AvgIpc) is 2.72. The third kappa shape index (κ3) is 2.12. The molecule has 18 heavy (non-hydrogen) atoms. The van der Waals surface area contributed by atoms with Crippen molar-refractivity contribution in [3.8, 4) is 0 Å². The molecule has 0 bridgehead atoms. The van der Waals surface area contributed by atoms with Gasteiger partial charge in [-0.2, -0.15) is 0 Å². The molecule has 2 aromatic rings. The first-order valence-electron chi connectivity index (χ1n) is 5.66. The number of nitrogens with one attached hydrogen (secondary N) is 1. The second kappa shape index (κ2) is 4.62. The SMILES string of the molecule is Cc1ccc(C)c(C(=O)n2[nH]c(=O)cc2CN)c1. The zero-order valence-corrected chi connectivity index (χ0v) is 10.4. The number of carbonyl (C=O) groups excluding carboxylic acids is 1. The van der Waals surface area contributed by atoms with E-state index in [0.29, 0.717) is 11.3 Å². The van der Waals surface area contributed by atoms with Crippen molar-refractivity contribution in [3.63, 3.8) is 0 Å². The smallest absolute Gasteiger partial charge is 0.277 e. The van der Waals surface area contributed by atoms with Crippen LogP contribution in [0.4, 0.5) is 0 Å². The topological polar surface area (TPSA) is 80.9 Å². The molecule has 0 amide bonds. The van der Waals surface area contributed by atoms with E-state index in [-0.39, 0.29) is 18.0 Å². The Morgan fingerprint density at radius 1 is 1.33 bits per heavy atom. The maximum absolute atomic E-state index is 12.3. The monoisotopic (exact) mass is 245 g/mol. The summed E-state index contributed by atoms with van der Waals surface area (Å²) in [5.74, 6) is -0.265. The Kier molecular flexibility index (Phi) is 3.16. The minimum atomic E-state index is -0.325. The summed E-state index contributed by atoms with van der Waals surface area (Å²) < 4.78 is 1.21. The first-order valence-corrected chi connectivity index (χ1v) is 5.66. The fourth-order valence-corrected chi connectivity index (χ4v) is 1.85. The van der Waals surface area contributed by atoms with Crippen LogP contribution in [0, 0.1) is 13.8 Å². The number of H-pyrrole nitrogens is 1. The first kappa shape index (κ1) is 12.3. The van der Waals surface area contributed by atoms with E-state index in [1.54, 1.807) is 6.07 Å². The minimum Gasteiger partial charge on any atom is -0.325 e. The van der Waals surface area contributed by atoms with Crippen molar-refractivity contribution in [1.82, 2.24) is 9.78 Å². The lowest BCUT2D eigenvalue weighted by Gasteiger charge is -2.08. The number of aromatic nitrogens is 2. The van der Waals surface area contributed by atoms with Crippen molar-refractivity contribution in [1.29, 1.82) is 0 Å². The van der Waals surface area contributed by atoms with E-state index in [9.17, 15) is 9.59 Å². The molecule has 1 aromatic carbocycles. The Morgan fingerprint density at radius 3 is 2.72 bits per heavy atom. The van der Waals surface area contributed by atoms with Crippen LogP contribution in [0.25, 0.3) is 0 Å². The van der Waals surface area contributed by atoms with Gasteiger partial charge in [0.1, 0.15) is 0 Å². The molecule has 94 valence electrons. The van der Waals surface area contributed by atoms with Crippen LogP contribution < -0.4 is 11.3 Å². The molecule has 0 atom stereocenters. The summed E-state index contributed by atoms with van der Waals surface area (Å²) in [6.45, 7) is 3.91. The maximum Gasteiger partial charge on any atom is 0.277 e. The van der Waals surface area contributed by atoms with Crippen LogP contribution in [0.15, 0.2) is 29.1 Å². The van der Waals surface area contributed by atoms with Gasteiger partial charge in [0.05, 0.1) is 5.69 Å². The number of hydrogen-bond acceptors (Lipinski definition) is 3. The number of carbonyl (C=O) groups is 1. The predicted molar refractivity (Wildman–Crippen MR) is 68.6 cm³/mol. The largest absolute Gasteiger partial charge is 0.325 e. The molecule has 5 nitrogen and oxygen atoms in total. The molecule has 0 spiro atoms. The van der Waals surface area contributed by atoms with Crippen molar-refractivity contribution >= 4 is 5.91 Å². The van der Waals surface area contributed by atoms with Crippen LogP contribution in [-0.4, -0.2) is 15.7 Å². The van der Waals surface area contributed by atoms with Crippen molar-refractivity contribution in [2.45, 2.75) is 20.4 Å². The molecule has 0 unspecified atom stereocenters. The summed E-state index contributed by atoms with van der Waals surface area (Å²) in [6, 6.07) is 6.96. The van der Waals surface area contributed by atoms with Gasteiger partial charge in [-0.05, 0) is 25.5 Å². The summed E-state index contributed by atoms with van der Waals surface area (Å²) in [7, 11) is 0. The lowest BCUT2D eigenvalue weighted by molar-refractivity contribution is 0.0940. The second-order valence-corrected chi connectivity index (χ2v) is 4.27. The van der Waals surface area contributed by atoms with Gasteiger partial charge >= 0.3 is 0 Å². The van der Waals surface area contributed by atoms with Crippen LogP contribution in [0.2, 0.25) is 0 Å². The van der Waals surface area contributed by atoms with Gasteiger partial charge in [-0.15, -0.1) is 0 Å². The fourth-order valence-electron chi connectivity index (χ4n) is 1.85. The Morgan fingerprint density at radius 2 is 2.06 bits per heavy atom. The van der Waals surface area contributed by atoms with Crippen molar-refractivity contribution in [2.75, 3.05) is 0 Å². The molecule has 0 saturated heterocycles. The molecule has 0 aliphatic carbocycles. The summed E-state index contributed by atoms with van der Waals surface area (Å²) in [4.78, 5) is 23.6. The van der Waals surface area contributed by atoms with E-state index in [0.717, 1.165) is 11.1 Å². The molecule has 2 rings (SSSR count). The van der Waals surface area contributed by atoms with E-state index in [2.05, 4.69) is 5.10 Å². The second-order valence-electron chi connectivity index (χ2n) is 4.27. The number of nitrogens with two attached hydrogens (primary N) is 1. The number of aryl methyl sites for hydroxylation is 2. The van der Waals surface area contributed by atoms with E-state index < -0.39 is 0 Å². The van der Waals surface area contributed by atoms with Gasteiger partial charge in [0.15, 0.2) is 0 Å². The Hall–Kier alpha value is -2.14. The highest BCUT2D eigenvalue weighted by Gasteiger charge is 2.15. The summed E-state index contributed by atoms with van der Waals surface area (Å²) in [5.41, 5.74) is 8.09. The van der Waals surface area contributed by atoms with Crippen molar-refractivity contribution in [3.05, 3.63) is 57.0 Å². The molecule has 1 aromatic heterocycles. The van der Waals surface area contributed by atoms with Crippen molar-refractivity contribution in [2.24, 2.45) is 5.73 Å². The Bertz CT molecular complexity index is 652.